The Morgan fingerprint density at radius 3 is 2.69 bits per heavy atom. The minimum atomic E-state index is -1.33. The standard InChI is InChI=1S/C21H24N10O6S2/c22-12(32)5-4-11(39-21-27-29-30-28-21)10-7-38-18-14(17(34)31(18)15(10)19(35)36)26-16(33)13(23)8-2-1-3-9(6-8)25-20(24)37/h1-3,6,11,13-14,18H,4-5,7,23H2,(H2,22,32)(H,26,33)(H,35,36)(H3,24,25,37)(H,27,28,29,30)/t11?,13?,14?,18-/m0/s1. The van der Waals surface area contributed by atoms with Crippen molar-refractivity contribution in [3.8, 4) is 0 Å². The van der Waals surface area contributed by atoms with Gasteiger partial charge in [0.05, 0.1) is 0 Å². The molecule has 2 aliphatic heterocycles. The second kappa shape index (κ2) is 11.7. The number of aromatic amines is 1. The second-order valence-corrected chi connectivity index (χ2v) is 10.7. The normalized spacial score (nSPS) is 19.9. The number of thioether (sulfide) groups is 2. The molecule has 0 bridgehead atoms. The fourth-order valence-electron chi connectivity index (χ4n) is 4.14. The molecular weight excluding hydrogens is 552 g/mol. The zero-order valence-electron chi connectivity index (χ0n) is 20.1. The third kappa shape index (κ3) is 6.13. The summed E-state index contributed by atoms with van der Waals surface area (Å²) in [6.07, 6.45) is 0.160. The van der Waals surface area contributed by atoms with Gasteiger partial charge in [0.2, 0.25) is 17.0 Å². The molecule has 5 amide bonds. The van der Waals surface area contributed by atoms with E-state index in [0.717, 1.165) is 16.7 Å². The van der Waals surface area contributed by atoms with Crippen molar-refractivity contribution >= 4 is 58.9 Å². The number of carbonyl (C=O) groups excluding carboxylic acids is 4. The summed E-state index contributed by atoms with van der Waals surface area (Å²) in [5, 5.41) is 27.5. The molecule has 1 aromatic carbocycles. The fraction of sp³-hybridized carbons (Fsp3) is 0.333. The predicted octanol–water partition coefficient (Wildman–Crippen LogP) is -1.14. The van der Waals surface area contributed by atoms with Crippen LogP contribution in [0.25, 0.3) is 0 Å². The molecule has 2 aromatic rings. The van der Waals surface area contributed by atoms with Crippen LogP contribution in [0.2, 0.25) is 0 Å². The molecule has 0 spiro atoms. The van der Waals surface area contributed by atoms with E-state index in [9.17, 15) is 29.1 Å². The highest BCUT2D eigenvalue weighted by Crippen LogP contribution is 2.44. The Morgan fingerprint density at radius 2 is 2.05 bits per heavy atom. The van der Waals surface area contributed by atoms with Gasteiger partial charge in [0.1, 0.15) is 23.2 Å². The third-order valence-electron chi connectivity index (χ3n) is 5.91. The number of amides is 5. The molecule has 10 N–H and O–H groups in total. The maximum atomic E-state index is 13.1. The SMILES string of the molecule is NC(=O)CCC(Sc1nn[nH]n1)C1=C(C(=O)O)N2C(=O)C(NC(=O)C(N)c3cccc(NC(N)=O)c3)[C@@H]2SC1. The van der Waals surface area contributed by atoms with Crippen molar-refractivity contribution in [2.75, 3.05) is 11.1 Å². The maximum absolute atomic E-state index is 13.1. The minimum Gasteiger partial charge on any atom is -0.477 e. The summed E-state index contributed by atoms with van der Waals surface area (Å²) in [6, 6.07) is 3.23. The van der Waals surface area contributed by atoms with Crippen molar-refractivity contribution in [1.82, 2.24) is 30.8 Å². The van der Waals surface area contributed by atoms with Crippen molar-refractivity contribution in [2.45, 2.75) is 40.7 Å². The van der Waals surface area contributed by atoms with Gasteiger partial charge in [0, 0.05) is 23.1 Å². The molecule has 0 radical (unpaired) electrons. The van der Waals surface area contributed by atoms with E-state index in [1.54, 1.807) is 18.2 Å². The average molecular weight is 577 g/mol. The quantitative estimate of drug-likeness (QED) is 0.123. The van der Waals surface area contributed by atoms with Crippen LogP contribution in [0.4, 0.5) is 10.5 Å². The van der Waals surface area contributed by atoms with E-state index in [1.165, 1.54) is 17.8 Å². The van der Waals surface area contributed by atoms with Crippen LogP contribution in [0.1, 0.15) is 24.4 Å². The lowest BCUT2D eigenvalue weighted by Crippen LogP contribution is -2.71. The van der Waals surface area contributed by atoms with Gasteiger partial charge in [-0.15, -0.1) is 22.0 Å². The summed E-state index contributed by atoms with van der Waals surface area (Å²) in [5.74, 6) is -2.98. The van der Waals surface area contributed by atoms with Gasteiger partial charge in [0.25, 0.3) is 5.91 Å². The first-order valence-electron chi connectivity index (χ1n) is 11.4. The largest absolute Gasteiger partial charge is 0.477 e. The monoisotopic (exact) mass is 576 g/mol. The van der Waals surface area contributed by atoms with Gasteiger partial charge in [-0.1, -0.05) is 23.9 Å². The first-order chi connectivity index (χ1) is 18.6. The number of urea groups is 1. The number of carbonyl (C=O) groups is 5. The molecule has 4 rings (SSSR count). The predicted molar refractivity (Wildman–Crippen MR) is 139 cm³/mol. The van der Waals surface area contributed by atoms with E-state index in [1.807, 2.05) is 0 Å². The summed E-state index contributed by atoms with van der Waals surface area (Å²) < 4.78 is 0. The fourth-order valence-corrected chi connectivity index (χ4v) is 6.68. The smallest absolute Gasteiger partial charge is 0.352 e. The number of primary amides is 2. The molecule has 1 saturated heterocycles. The number of anilines is 1. The van der Waals surface area contributed by atoms with E-state index in [2.05, 4.69) is 31.3 Å². The van der Waals surface area contributed by atoms with Gasteiger partial charge in [-0.25, -0.2) is 9.59 Å². The molecule has 3 heterocycles. The first-order valence-corrected chi connectivity index (χ1v) is 13.3. The molecule has 18 heteroatoms. The lowest BCUT2D eigenvalue weighted by Gasteiger charge is -2.50. The highest BCUT2D eigenvalue weighted by molar-refractivity contribution is 8.01. The summed E-state index contributed by atoms with van der Waals surface area (Å²) in [5.41, 5.74) is 17.4. The van der Waals surface area contributed by atoms with Crippen LogP contribution in [0, 0.1) is 0 Å². The van der Waals surface area contributed by atoms with E-state index >= 15 is 0 Å². The van der Waals surface area contributed by atoms with Crippen LogP contribution in [0.15, 0.2) is 40.7 Å². The zero-order valence-corrected chi connectivity index (χ0v) is 21.7. The number of rotatable bonds is 11. The Morgan fingerprint density at radius 1 is 1.28 bits per heavy atom. The number of fused-ring (bicyclic) bond motifs is 1. The van der Waals surface area contributed by atoms with E-state index in [0.29, 0.717) is 16.8 Å². The molecule has 3 unspecified atom stereocenters. The summed E-state index contributed by atoms with van der Waals surface area (Å²) in [6.45, 7) is 0. The van der Waals surface area contributed by atoms with E-state index < -0.39 is 52.4 Å². The number of carboxylic acids is 1. The number of nitrogens with zero attached hydrogens (tertiary/aromatic N) is 4. The maximum Gasteiger partial charge on any atom is 0.352 e. The number of benzene rings is 1. The Hall–Kier alpha value is -4.16. The zero-order chi connectivity index (χ0) is 28.3. The van der Waals surface area contributed by atoms with Gasteiger partial charge in [-0.05, 0) is 34.9 Å². The van der Waals surface area contributed by atoms with Crippen LogP contribution in [-0.4, -0.2) is 82.8 Å². The third-order valence-corrected chi connectivity index (χ3v) is 8.40. The highest BCUT2D eigenvalue weighted by atomic mass is 32.2. The Balaban J connectivity index is 1.52. The Bertz CT molecular complexity index is 1340. The number of aliphatic carboxylic acids is 1. The van der Waals surface area contributed by atoms with E-state index in [-0.39, 0.29) is 29.4 Å². The molecule has 39 heavy (non-hydrogen) atoms. The molecule has 0 aliphatic carbocycles. The molecule has 0 saturated carbocycles. The van der Waals surface area contributed by atoms with Crippen molar-refractivity contribution < 1.29 is 29.1 Å². The lowest BCUT2D eigenvalue weighted by atomic mass is 9.99. The number of nitrogens with one attached hydrogen (secondary N) is 3. The number of hydrogen-bond donors (Lipinski definition) is 7. The molecule has 1 fully saturated rings. The molecule has 1 aromatic heterocycles. The number of β-lactam (4-membered cyclic amide) rings is 1. The van der Waals surface area contributed by atoms with Gasteiger partial charge < -0.3 is 32.9 Å². The van der Waals surface area contributed by atoms with Crippen molar-refractivity contribution in [1.29, 1.82) is 0 Å². The summed E-state index contributed by atoms with van der Waals surface area (Å²) in [4.78, 5) is 62.0. The van der Waals surface area contributed by atoms with Gasteiger partial charge >= 0.3 is 12.0 Å². The molecule has 4 atom stereocenters. The van der Waals surface area contributed by atoms with Crippen LogP contribution >= 0.6 is 23.5 Å². The van der Waals surface area contributed by atoms with Crippen LogP contribution in [0.5, 0.6) is 0 Å². The van der Waals surface area contributed by atoms with E-state index in [4.69, 9.17) is 17.2 Å². The van der Waals surface area contributed by atoms with Gasteiger partial charge in [-0.2, -0.15) is 5.21 Å². The molecular formula is C21H24N10O6S2. The number of H-pyrrole nitrogens is 1. The second-order valence-electron chi connectivity index (χ2n) is 8.47. The van der Waals surface area contributed by atoms with Gasteiger partial charge in [0.15, 0.2) is 0 Å². The van der Waals surface area contributed by atoms with Gasteiger partial charge in [-0.3, -0.25) is 19.3 Å². The van der Waals surface area contributed by atoms with Crippen molar-refractivity contribution in [3.05, 3.63) is 41.1 Å². The van der Waals surface area contributed by atoms with Crippen LogP contribution < -0.4 is 27.8 Å². The molecule has 206 valence electrons. The summed E-state index contributed by atoms with van der Waals surface area (Å²) in [7, 11) is 0. The average Bonchev–Trinajstić information content (AvgIpc) is 3.41. The van der Waals surface area contributed by atoms with Crippen molar-refractivity contribution in [3.63, 3.8) is 0 Å². The lowest BCUT2D eigenvalue weighted by molar-refractivity contribution is -0.150. The minimum absolute atomic E-state index is 0.0271. The molecule has 2 aliphatic rings. The number of hydrogen-bond acceptors (Lipinski definition) is 11. The number of tetrazole rings is 1. The van der Waals surface area contributed by atoms with Crippen molar-refractivity contribution in [2.24, 2.45) is 17.2 Å². The van der Waals surface area contributed by atoms with Crippen LogP contribution in [0.3, 0.4) is 0 Å². The number of carboxylic acid groups (broad SMARTS) is 1. The van der Waals surface area contributed by atoms with Crippen LogP contribution in [-0.2, 0) is 19.2 Å². The Labute approximate surface area is 228 Å². The number of aromatic nitrogens is 4. The topological polar surface area (TPSA) is 265 Å². The number of nitrogens with two attached hydrogens (primary N) is 3. The Kier molecular flexibility index (Phi) is 8.36. The summed E-state index contributed by atoms with van der Waals surface area (Å²) >= 11 is 2.36. The molecule has 16 nitrogen and oxygen atoms in total. The first kappa shape index (κ1) is 27.9. The highest BCUT2D eigenvalue weighted by Gasteiger charge is 2.55.